The normalized spacial score (nSPS) is 19.0. The average molecular weight is 896 g/mol. The average Bonchev–Trinajstić information content (AvgIpc) is 3.90. The Bertz CT molecular complexity index is 2580. The van der Waals surface area contributed by atoms with Gasteiger partial charge in [-0.1, -0.05) is 30.7 Å². The number of anilines is 2. The predicted molar refractivity (Wildman–Crippen MR) is 248 cm³/mol. The van der Waals surface area contributed by atoms with Crippen LogP contribution >= 0.6 is 0 Å². The van der Waals surface area contributed by atoms with Crippen molar-refractivity contribution in [3.05, 3.63) is 90.3 Å². The van der Waals surface area contributed by atoms with Crippen molar-refractivity contribution in [2.24, 2.45) is 0 Å². The summed E-state index contributed by atoms with van der Waals surface area (Å²) in [6.07, 6.45) is 8.04. The van der Waals surface area contributed by atoms with Gasteiger partial charge in [0.25, 0.3) is 5.91 Å². The third-order valence-electron chi connectivity index (χ3n) is 13.3. The van der Waals surface area contributed by atoms with Crippen molar-refractivity contribution in [1.82, 2.24) is 44.7 Å². The molecule has 66 heavy (non-hydrogen) atoms. The van der Waals surface area contributed by atoms with Crippen molar-refractivity contribution in [1.29, 1.82) is 0 Å². The van der Waals surface area contributed by atoms with Crippen molar-refractivity contribution in [2.45, 2.75) is 82.8 Å². The molecular formula is C49H57N11O6. The molecule has 0 bridgehead atoms. The number of imide groups is 1. The molecule has 5 amide bonds. The molecule has 0 spiro atoms. The van der Waals surface area contributed by atoms with Crippen molar-refractivity contribution in [2.75, 3.05) is 63.4 Å². The molecule has 3 fully saturated rings. The molecular weight excluding hydrogens is 839 g/mol. The Morgan fingerprint density at radius 3 is 2.38 bits per heavy atom. The number of piperidine rings is 2. The van der Waals surface area contributed by atoms with Gasteiger partial charge in [-0.15, -0.1) is 0 Å². The van der Waals surface area contributed by atoms with Crippen LogP contribution in [0.15, 0.2) is 79.1 Å². The first-order valence-corrected chi connectivity index (χ1v) is 23.3. The van der Waals surface area contributed by atoms with Crippen LogP contribution < -0.4 is 21.1 Å². The number of nitrogens with two attached hydrogens (primary N) is 1. The molecule has 2 aromatic heterocycles. The summed E-state index contributed by atoms with van der Waals surface area (Å²) >= 11 is 0. The second kappa shape index (κ2) is 20.1. The summed E-state index contributed by atoms with van der Waals surface area (Å²) in [5.74, 6) is 1.24. The fourth-order valence-electron chi connectivity index (χ4n) is 9.68. The second-order valence-corrected chi connectivity index (χ2v) is 17.6. The van der Waals surface area contributed by atoms with Gasteiger partial charge in [0.05, 0.1) is 11.4 Å². The number of aromatic nitrogens is 4. The van der Waals surface area contributed by atoms with Crippen molar-refractivity contribution < 1.29 is 28.7 Å². The molecule has 17 nitrogen and oxygen atoms in total. The summed E-state index contributed by atoms with van der Waals surface area (Å²) < 4.78 is 7.93. The van der Waals surface area contributed by atoms with Crippen LogP contribution in [-0.4, -0.2) is 127 Å². The lowest BCUT2D eigenvalue weighted by Gasteiger charge is -2.35. The number of benzene rings is 3. The van der Waals surface area contributed by atoms with Gasteiger partial charge in [-0.05, 0) is 93.6 Å². The number of carbonyl (C=O) groups is 5. The largest absolute Gasteiger partial charge is 0.457 e. The summed E-state index contributed by atoms with van der Waals surface area (Å²) in [5.41, 5.74) is 11.0. The predicted octanol–water partition coefficient (Wildman–Crippen LogP) is 5.39. The van der Waals surface area contributed by atoms with E-state index in [0.29, 0.717) is 92.4 Å². The molecule has 5 aromatic rings. The monoisotopic (exact) mass is 895 g/mol. The minimum atomic E-state index is -0.643. The molecule has 9 rings (SSSR count). The van der Waals surface area contributed by atoms with Crippen LogP contribution in [0.2, 0.25) is 0 Å². The molecule has 4 N–H and O–H groups in total. The van der Waals surface area contributed by atoms with E-state index < -0.39 is 11.9 Å². The van der Waals surface area contributed by atoms with Crippen LogP contribution in [0, 0.1) is 0 Å². The number of nitrogens with one attached hydrogen (secondary N) is 2. The standard InChI is InChI=1S/C49H57N11O6/c50-46-44-45(33-17-19-36(20-18-33)66-35-11-3-1-4-12-35)55-60(47(44)53-32-52-46)34-10-8-25-58(30-34)43(63)16-9-24-56-26-28-57(29-27-56)42(62)15-5-2-6-23-51-39-14-7-13-37-38(39)31-59(49(37)65)40-21-22-41(61)54-48(40)64/h1,3-4,7,11-14,17-20,32,34,40,51H,2,5-6,8-10,15-16,21-31H2,(H2,50,52,53)(H,54,61,64)/t34-,40?/m1/s1. The van der Waals surface area contributed by atoms with E-state index in [9.17, 15) is 24.0 Å². The summed E-state index contributed by atoms with van der Waals surface area (Å²) in [7, 11) is 0. The molecule has 0 aliphatic carbocycles. The molecule has 17 heteroatoms. The third-order valence-corrected chi connectivity index (χ3v) is 13.3. The first-order valence-electron chi connectivity index (χ1n) is 23.3. The van der Waals surface area contributed by atoms with E-state index in [0.717, 1.165) is 80.7 Å². The number of carbonyl (C=O) groups excluding carboxylic acids is 5. The molecule has 2 atom stereocenters. The Morgan fingerprint density at radius 1 is 0.803 bits per heavy atom. The Balaban J connectivity index is 0.682. The van der Waals surface area contributed by atoms with E-state index in [1.807, 2.05) is 81.2 Å². The second-order valence-electron chi connectivity index (χ2n) is 17.6. The van der Waals surface area contributed by atoms with Crippen LogP contribution in [0.25, 0.3) is 22.3 Å². The number of hydrogen-bond donors (Lipinski definition) is 3. The van der Waals surface area contributed by atoms with Gasteiger partial charge in [-0.2, -0.15) is 5.10 Å². The van der Waals surface area contributed by atoms with Gasteiger partial charge in [0, 0.05) is 94.0 Å². The van der Waals surface area contributed by atoms with Gasteiger partial charge in [-0.25, -0.2) is 14.6 Å². The zero-order chi connectivity index (χ0) is 45.6. The minimum absolute atomic E-state index is 0.0546. The lowest BCUT2D eigenvalue weighted by Crippen LogP contribution is -2.52. The van der Waals surface area contributed by atoms with E-state index in [1.165, 1.54) is 6.33 Å². The zero-order valence-corrected chi connectivity index (χ0v) is 37.2. The Morgan fingerprint density at radius 2 is 1.58 bits per heavy atom. The molecule has 4 aliphatic rings. The smallest absolute Gasteiger partial charge is 0.255 e. The summed E-state index contributed by atoms with van der Waals surface area (Å²) in [6, 6.07) is 22.2. The van der Waals surface area contributed by atoms with Gasteiger partial charge in [0.2, 0.25) is 23.6 Å². The number of piperazine rings is 1. The number of fused-ring (bicyclic) bond motifs is 2. The summed E-state index contributed by atoms with van der Waals surface area (Å²) in [6.45, 7) is 6.06. The van der Waals surface area contributed by atoms with Crippen LogP contribution in [0.1, 0.15) is 86.2 Å². The Kier molecular flexibility index (Phi) is 13.5. The number of rotatable bonds is 16. The maximum atomic E-state index is 13.6. The van der Waals surface area contributed by atoms with E-state index in [4.69, 9.17) is 15.6 Å². The highest BCUT2D eigenvalue weighted by Gasteiger charge is 2.40. The summed E-state index contributed by atoms with van der Waals surface area (Å²) in [4.78, 5) is 80.6. The van der Waals surface area contributed by atoms with Crippen LogP contribution in [0.3, 0.4) is 0 Å². The number of unbranched alkanes of at least 4 members (excludes halogenated alkanes) is 2. The molecule has 3 saturated heterocycles. The van der Waals surface area contributed by atoms with Gasteiger partial charge in [-0.3, -0.25) is 34.2 Å². The molecule has 344 valence electrons. The number of ether oxygens (including phenoxy) is 1. The highest BCUT2D eigenvalue weighted by molar-refractivity contribution is 6.06. The number of nitrogens with zero attached hydrogens (tertiary/aromatic N) is 8. The van der Waals surface area contributed by atoms with Crippen molar-refractivity contribution in [3.63, 3.8) is 0 Å². The number of likely N-dealkylation sites (tertiary alicyclic amines) is 1. The minimum Gasteiger partial charge on any atom is -0.457 e. The van der Waals surface area contributed by atoms with Crippen LogP contribution in [0.5, 0.6) is 11.5 Å². The molecule has 0 saturated carbocycles. The third kappa shape index (κ3) is 9.85. The van der Waals surface area contributed by atoms with E-state index in [2.05, 4.69) is 25.5 Å². The molecule has 6 heterocycles. The SMILES string of the molecule is Nc1ncnc2c1c(-c1ccc(Oc3ccccc3)cc1)nn2[C@@H]1CCCN(C(=O)CCCN2CCN(C(=O)CCCCCNc3cccc4c3CN(C3CCC(=O)NC3=O)C4=O)CC2)C1. The van der Waals surface area contributed by atoms with E-state index in [-0.39, 0.29) is 36.1 Å². The first kappa shape index (κ1) is 44.3. The highest BCUT2D eigenvalue weighted by atomic mass is 16.5. The van der Waals surface area contributed by atoms with Gasteiger partial charge in [0.1, 0.15) is 35.4 Å². The lowest BCUT2D eigenvalue weighted by molar-refractivity contribution is -0.137. The zero-order valence-electron chi connectivity index (χ0n) is 37.2. The Hall–Kier alpha value is -6.88. The lowest BCUT2D eigenvalue weighted by atomic mass is 10.0. The van der Waals surface area contributed by atoms with Crippen LogP contribution in [-0.2, 0) is 25.7 Å². The number of hydrogen-bond acceptors (Lipinski definition) is 12. The van der Waals surface area contributed by atoms with Crippen molar-refractivity contribution >= 4 is 52.1 Å². The molecule has 4 aliphatic heterocycles. The maximum absolute atomic E-state index is 13.6. The first-order chi connectivity index (χ1) is 32.2. The van der Waals surface area contributed by atoms with Gasteiger partial charge < -0.3 is 30.5 Å². The fraction of sp³-hybridized carbons (Fsp3) is 0.429. The molecule has 3 aromatic carbocycles. The number of amides is 5. The van der Waals surface area contributed by atoms with Gasteiger partial charge >= 0.3 is 0 Å². The Labute approximate surface area is 383 Å². The van der Waals surface area contributed by atoms with Gasteiger partial charge in [0.15, 0.2) is 5.65 Å². The fourth-order valence-corrected chi connectivity index (χ4v) is 9.68. The number of nitrogen functional groups attached to an aromatic ring is 1. The number of para-hydroxylation sites is 1. The van der Waals surface area contributed by atoms with E-state index >= 15 is 0 Å². The van der Waals surface area contributed by atoms with Crippen LogP contribution in [0.4, 0.5) is 11.5 Å². The van der Waals surface area contributed by atoms with E-state index in [1.54, 1.807) is 11.0 Å². The van der Waals surface area contributed by atoms with Crippen molar-refractivity contribution in [3.8, 4) is 22.8 Å². The molecule has 1 unspecified atom stereocenters. The molecule has 0 radical (unpaired) electrons. The summed E-state index contributed by atoms with van der Waals surface area (Å²) in [5, 5.41) is 11.6. The highest BCUT2D eigenvalue weighted by Crippen LogP contribution is 2.36. The maximum Gasteiger partial charge on any atom is 0.255 e. The topological polar surface area (TPSA) is 201 Å². The quantitative estimate of drug-likeness (QED) is 0.0844.